The van der Waals surface area contributed by atoms with E-state index in [1.165, 1.54) is 24.3 Å². The lowest BCUT2D eigenvalue weighted by atomic mass is 10.1. The molecule has 2 aromatic rings. The number of nitrogens with zero attached hydrogens (tertiary/aromatic N) is 1. The van der Waals surface area contributed by atoms with Gasteiger partial charge in [0.05, 0.1) is 12.0 Å². The molecule has 0 aliphatic heterocycles. The van der Waals surface area contributed by atoms with Crippen molar-refractivity contribution in [3.8, 4) is 0 Å². The number of carbonyl (C=O) groups is 2. The Morgan fingerprint density at radius 1 is 1.23 bits per heavy atom. The van der Waals surface area contributed by atoms with Gasteiger partial charge in [-0.25, -0.2) is 4.79 Å². The maximum Gasteiger partial charge on any atom is 0.343 e. The highest BCUT2D eigenvalue weighted by Crippen LogP contribution is 2.08. The Labute approximate surface area is 124 Å². The van der Waals surface area contributed by atoms with E-state index in [4.69, 9.17) is 9.84 Å². The molecule has 2 rings (SSSR count). The van der Waals surface area contributed by atoms with E-state index < -0.39 is 29.3 Å². The number of aromatic nitrogens is 1. The Kier molecular flexibility index (Phi) is 4.36. The molecule has 0 atom stereocenters. The van der Waals surface area contributed by atoms with Crippen molar-refractivity contribution in [1.29, 1.82) is 0 Å². The molecule has 0 saturated heterocycles. The first kappa shape index (κ1) is 15.4. The van der Waals surface area contributed by atoms with E-state index in [2.05, 4.69) is 0 Å². The van der Waals surface area contributed by atoms with Crippen LogP contribution in [0.4, 0.5) is 0 Å². The molecule has 0 spiro atoms. The van der Waals surface area contributed by atoms with Crippen LogP contribution in [0.1, 0.15) is 17.3 Å². The van der Waals surface area contributed by atoms with Crippen LogP contribution in [0.3, 0.4) is 0 Å². The predicted octanol–water partition coefficient (Wildman–Crippen LogP) is 0.623. The molecule has 1 aromatic carbocycles. The number of hydrogen-bond acceptors (Lipinski definition) is 5. The number of rotatable bonds is 4. The fourth-order valence-corrected chi connectivity index (χ4v) is 2.11. The van der Waals surface area contributed by atoms with Crippen LogP contribution in [0.25, 0.3) is 10.9 Å². The summed E-state index contributed by atoms with van der Waals surface area (Å²) in [5.41, 5.74) is -1.54. The van der Waals surface area contributed by atoms with Crippen molar-refractivity contribution >= 4 is 22.8 Å². The van der Waals surface area contributed by atoms with Crippen molar-refractivity contribution in [2.45, 2.75) is 13.5 Å². The average molecular weight is 303 g/mol. The smallest absolute Gasteiger partial charge is 0.343 e. The van der Waals surface area contributed by atoms with E-state index in [0.717, 1.165) is 10.8 Å². The SMILES string of the molecule is CCOC(=O)c1cn(CC(=O)O)c2c(=O)ccccc2c1=O. The fourth-order valence-electron chi connectivity index (χ4n) is 2.11. The maximum absolute atomic E-state index is 12.4. The number of carboxylic acid groups (broad SMARTS) is 1. The topological polar surface area (TPSA) is 103 Å². The first-order valence-electron chi connectivity index (χ1n) is 6.51. The minimum Gasteiger partial charge on any atom is -0.480 e. The molecule has 0 unspecified atom stereocenters. The Morgan fingerprint density at radius 2 is 1.91 bits per heavy atom. The molecule has 0 fully saturated rings. The molecular weight excluding hydrogens is 290 g/mol. The molecule has 0 amide bonds. The molecule has 1 aromatic heterocycles. The van der Waals surface area contributed by atoms with Crippen LogP contribution in [-0.4, -0.2) is 28.2 Å². The van der Waals surface area contributed by atoms with Gasteiger partial charge in [0.1, 0.15) is 17.6 Å². The first-order valence-corrected chi connectivity index (χ1v) is 6.51. The Balaban J connectivity index is 2.91. The molecule has 1 N–H and O–H groups in total. The molecule has 0 aliphatic carbocycles. The van der Waals surface area contributed by atoms with Crippen molar-refractivity contribution in [2.24, 2.45) is 0 Å². The summed E-state index contributed by atoms with van der Waals surface area (Å²) in [5, 5.41) is 8.94. The van der Waals surface area contributed by atoms with Crippen molar-refractivity contribution in [3.63, 3.8) is 0 Å². The number of carbonyl (C=O) groups excluding carboxylic acids is 1. The minimum absolute atomic E-state index is 0.0261. The zero-order valence-electron chi connectivity index (χ0n) is 11.7. The average Bonchev–Trinajstić information content (AvgIpc) is 2.64. The van der Waals surface area contributed by atoms with E-state index in [1.54, 1.807) is 6.92 Å². The highest BCUT2D eigenvalue weighted by atomic mass is 16.5. The molecule has 22 heavy (non-hydrogen) atoms. The number of hydrogen-bond donors (Lipinski definition) is 1. The summed E-state index contributed by atoms with van der Waals surface area (Å²) >= 11 is 0. The van der Waals surface area contributed by atoms with Gasteiger partial charge in [-0.15, -0.1) is 0 Å². The van der Waals surface area contributed by atoms with Gasteiger partial charge < -0.3 is 14.4 Å². The van der Waals surface area contributed by atoms with Crippen molar-refractivity contribution in [1.82, 2.24) is 4.57 Å². The van der Waals surface area contributed by atoms with E-state index in [9.17, 15) is 19.2 Å². The summed E-state index contributed by atoms with van der Waals surface area (Å²) in [6, 6.07) is 5.52. The van der Waals surface area contributed by atoms with Gasteiger partial charge in [0.2, 0.25) is 10.9 Å². The predicted molar refractivity (Wildman–Crippen MR) is 78.1 cm³/mol. The Morgan fingerprint density at radius 3 is 2.55 bits per heavy atom. The summed E-state index contributed by atoms with van der Waals surface area (Å²) in [5.74, 6) is -2.06. The molecule has 0 bridgehead atoms. The number of carboxylic acids is 1. The van der Waals surface area contributed by atoms with Gasteiger partial charge in [0, 0.05) is 6.20 Å². The van der Waals surface area contributed by atoms with E-state index in [1.807, 2.05) is 0 Å². The molecule has 0 saturated carbocycles. The third kappa shape index (κ3) is 2.88. The first-order chi connectivity index (χ1) is 10.5. The molecule has 0 aliphatic rings. The van der Waals surface area contributed by atoms with Crippen LogP contribution < -0.4 is 10.9 Å². The number of fused-ring (bicyclic) bond motifs is 1. The van der Waals surface area contributed by atoms with Gasteiger partial charge in [-0.1, -0.05) is 12.1 Å². The van der Waals surface area contributed by atoms with Crippen LogP contribution in [0.5, 0.6) is 0 Å². The number of ether oxygens (including phenoxy) is 1. The highest BCUT2D eigenvalue weighted by Gasteiger charge is 2.18. The van der Waals surface area contributed by atoms with Crippen molar-refractivity contribution < 1.29 is 19.4 Å². The molecule has 7 heteroatoms. The standard InChI is InChI=1S/C15H13NO6/c1-2-22-15(21)10-7-16(8-12(18)19)13-9(14(10)20)5-3-4-6-11(13)17/h3-7H,2,8H2,1H3,(H,18,19). The van der Waals surface area contributed by atoms with E-state index >= 15 is 0 Å². The molecule has 1 heterocycles. The van der Waals surface area contributed by atoms with Crippen LogP contribution in [0.2, 0.25) is 0 Å². The molecular formula is C15H13NO6. The van der Waals surface area contributed by atoms with Crippen molar-refractivity contribution in [3.05, 3.63) is 56.5 Å². The normalized spacial score (nSPS) is 10.4. The minimum atomic E-state index is -1.20. The van der Waals surface area contributed by atoms with Crippen LogP contribution >= 0.6 is 0 Å². The van der Waals surface area contributed by atoms with Gasteiger partial charge in [0.25, 0.3) is 0 Å². The second-order valence-corrected chi connectivity index (χ2v) is 4.46. The lowest BCUT2D eigenvalue weighted by Gasteiger charge is -2.09. The van der Waals surface area contributed by atoms with Crippen LogP contribution in [0.15, 0.2) is 40.1 Å². The van der Waals surface area contributed by atoms with Gasteiger partial charge in [-0.05, 0) is 19.1 Å². The van der Waals surface area contributed by atoms with Gasteiger partial charge >= 0.3 is 11.9 Å². The van der Waals surface area contributed by atoms with Crippen molar-refractivity contribution in [2.75, 3.05) is 6.61 Å². The summed E-state index contributed by atoms with van der Waals surface area (Å²) < 4.78 is 5.87. The summed E-state index contributed by atoms with van der Waals surface area (Å²) in [6.07, 6.45) is 1.05. The lowest BCUT2D eigenvalue weighted by Crippen LogP contribution is -2.24. The quantitative estimate of drug-likeness (QED) is 0.831. The van der Waals surface area contributed by atoms with E-state index in [-0.39, 0.29) is 23.1 Å². The number of aliphatic carboxylic acids is 1. The Hall–Kier alpha value is -2.96. The second-order valence-electron chi connectivity index (χ2n) is 4.46. The maximum atomic E-state index is 12.4. The summed E-state index contributed by atoms with van der Waals surface area (Å²) in [4.78, 5) is 47.3. The molecule has 0 radical (unpaired) electrons. The largest absolute Gasteiger partial charge is 0.480 e. The van der Waals surface area contributed by atoms with Gasteiger partial charge in [-0.2, -0.15) is 0 Å². The zero-order valence-corrected chi connectivity index (χ0v) is 11.7. The van der Waals surface area contributed by atoms with Crippen LogP contribution in [0, 0.1) is 0 Å². The third-order valence-corrected chi connectivity index (χ3v) is 2.97. The van der Waals surface area contributed by atoms with Crippen LogP contribution in [-0.2, 0) is 16.1 Å². The van der Waals surface area contributed by atoms with Gasteiger partial charge in [-0.3, -0.25) is 14.4 Å². The monoisotopic (exact) mass is 303 g/mol. The third-order valence-electron chi connectivity index (χ3n) is 2.97. The second kappa shape index (κ2) is 6.21. The summed E-state index contributed by atoms with van der Waals surface area (Å²) in [7, 11) is 0. The lowest BCUT2D eigenvalue weighted by molar-refractivity contribution is -0.137. The molecule has 7 nitrogen and oxygen atoms in total. The molecule has 114 valence electrons. The Bertz CT molecular complexity index is 868. The highest BCUT2D eigenvalue weighted by molar-refractivity contribution is 5.93. The number of pyridine rings is 1. The summed E-state index contributed by atoms with van der Waals surface area (Å²) in [6.45, 7) is 1.11. The zero-order chi connectivity index (χ0) is 16.3. The van der Waals surface area contributed by atoms with E-state index in [0.29, 0.717) is 0 Å². The number of esters is 1. The fraction of sp³-hybridized carbons (Fsp3) is 0.200. The van der Waals surface area contributed by atoms with Gasteiger partial charge in [0.15, 0.2) is 0 Å².